The quantitative estimate of drug-likeness (QED) is 0.857. The van der Waals surface area contributed by atoms with Gasteiger partial charge < -0.3 is 19.9 Å². The van der Waals surface area contributed by atoms with Gasteiger partial charge in [0.15, 0.2) is 0 Å². The molecule has 6 heteroatoms. The Hall–Kier alpha value is -2.08. The zero-order valence-corrected chi connectivity index (χ0v) is 14.3. The number of para-hydroxylation sites is 2. The molecule has 0 unspecified atom stereocenters. The number of aryl methyl sites for hydroxylation is 1. The lowest BCUT2D eigenvalue weighted by Crippen LogP contribution is -2.47. The topological polar surface area (TPSA) is 70.4 Å². The number of imidazole rings is 1. The number of amides is 2. The average molecular weight is 318 g/mol. The van der Waals surface area contributed by atoms with Crippen LogP contribution in [0.5, 0.6) is 0 Å². The molecule has 2 rings (SSSR count). The number of nitrogens with zero attached hydrogens (tertiary/aromatic N) is 3. The summed E-state index contributed by atoms with van der Waals surface area (Å²) in [6.45, 7) is 9.31. The predicted octanol–water partition coefficient (Wildman–Crippen LogP) is 2.15. The molecule has 0 saturated heterocycles. The average Bonchev–Trinajstić information content (AvgIpc) is 2.80. The number of fused-ring (bicyclic) bond motifs is 1. The molecule has 0 spiro atoms. The van der Waals surface area contributed by atoms with Gasteiger partial charge in [0, 0.05) is 19.6 Å². The fourth-order valence-corrected chi connectivity index (χ4v) is 2.66. The van der Waals surface area contributed by atoms with E-state index in [0.29, 0.717) is 26.2 Å². The Morgan fingerprint density at radius 3 is 2.74 bits per heavy atom. The second kappa shape index (κ2) is 7.00. The van der Waals surface area contributed by atoms with Gasteiger partial charge in [-0.2, -0.15) is 0 Å². The molecule has 0 aliphatic rings. The number of hydrogen-bond acceptors (Lipinski definition) is 3. The van der Waals surface area contributed by atoms with Gasteiger partial charge in [-0.1, -0.05) is 12.1 Å². The molecule has 0 atom stereocenters. The third-order valence-corrected chi connectivity index (χ3v) is 3.70. The van der Waals surface area contributed by atoms with Gasteiger partial charge in [0.25, 0.3) is 0 Å². The summed E-state index contributed by atoms with van der Waals surface area (Å²) in [5, 5.41) is 12.8. The number of carbonyl (C=O) groups is 1. The number of nitrogens with one attached hydrogen (secondary N) is 1. The van der Waals surface area contributed by atoms with Crippen LogP contribution in [0.4, 0.5) is 4.79 Å². The summed E-state index contributed by atoms with van der Waals surface area (Å²) in [5.74, 6) is 0.935. The van der Waals surface area contributed by atoms with Crippen LogP contribution >= 0.6 is 0 Å². The van der Waals surface area contributed by atoms with Gasteiger partial charge in [-0.05, 0) is 39.8 Å². The lowest BCUT2D eigenvalue weighted by atomic mass is 10.1. The van der Waals surface area contributed by atoms with Crippen LogP contribution in [0.25, 0.3) is 11.0 Å². The van der Waals surface area contributed by atoms with E-state index >= 15 is 0 Å². The minimum atomic E-state index is -0.898. The number of hydrogen-bond donors (Lipinski definition) is 2. The van der Waals surface area contributed by atoms with Gasteiger partial charge >= 0.3 is 6.03 Å². The van der Waals surface area contributed by atoms with E-state index in [2.05, 4.69) is 14.9 Å². The number of rotatable bonds is 6. The fourth-order valence-electron chi connectivity index (χ4n) is 2.66. The van der Waals surface area contributed by atoms with Crippen LogP contribution in [0.1, 0.15) is 26.6 Å². The lowest BCUT2D eigenvalue weighted by molar-refractivity contribution is 0.0480. The van der Waals surface area contributed by atoms with E-state index in [0.717, 1.165) is 16.9 Å². The summed E-state index contributed by atoms with van der Waals surface area (Å²) < 4.78 is 2.10. The first kappa shape index (κ1) is 17.3. The van der Waals surface area contributed by atoms with E-state index in [1.807, 2.05) is 38.1 Å². The Labute approximate surface area is 137 Å². The highest BCUT2D eigenvalue weighted by molar-refractivity contribution is 5.76. The first-order chi connectivity index (χ1) is 10.8. The van der Waals surface area contributed by atoms with Gasteiger partial charge in [0.1, 0.15) is 5.82 Å². The van der Waals surface area contributed by atoms with Crippen molar-refractivity contribution in [3.05, 3.63) is 30.1 Å². The van der Waals surface area contributed by atoms with Crippen LogP contribution in [-0.4, -0.2) is 50.8 Å². The molecule has 0 fully saturated rings. The van der Waals surface area contributed by atoms with E-state index in [4.69, 9.17) is 0 Å². The number of aliphatic hydroxyl groups is 1. The van der Waals surface area contributed by atoms with Crippen LogP contribution in [0.3, 0.4) is 0 Å². The van der Waals surface area contributed by atoms with Crippen molar-refractivity contribution in [2.24, 2.45) is 0 Å². The van der Waals surface area contributed by atoms with Crippen LogP contribution in [-0.2, 0) is 6.54 Å². The number of aromatic nitrogens is 2. The summed E-state index contributed by atoms with van der Waals surface area (Å²) in [5.41, 5.74) is 1.14. The largest absolute Gasteiger partial charge is 0.389 e. The smallest absolute Gasteiger partial charge is 0.317 e. The Balaban J connectivity index is 1.95. The van der Waals surface area contributed by atoms with Crippen molar-refractivity contribution in [1.29, 1.82) is 0 Å². The van der Waals surface area contributed by atoms with Crippen molar-refractivity contribution in [1.82, 2.24) is 19.8 Å². The molecule has 6 nitrogen and oxygen atoms in total. The van der Waals surface area contributed by atoms with Gasteiger partial charge in [0.05, 0.1) is 23.2 Å². The normalized spacial score (nSPS) is 11.7. The molecule has 0 aliphatic carbocycles. The highest BCUT2D eigenvalue weighted by atomic mass is 16.3. The van der Waals surface area contributed by atoms with Crippen molar-refractivity contribution in [3.8, 4) is 0 Å². The third kappa shape index (κ3) is 4.45. The van der Waals surface area contributed by atoms with Crippen molar-refractivity contribution in [2.75, 3.05) is 19.6 Å². The highest BCUT2D eigenvalue weighted by Gasteiger charge is 2.20. The van der Waals surface area contributed by atoms with Crippen LogP contribution in [0.2, 0.25) is 0 Å². The number of urea groups is 1. The molecule has 2 N–H and O–H groups in total. The third-order valence-electron chi connectivity index (χ3n) is 3.70. The molecule has 1 heterocycles. The molecule has 1 aromatic heterocycles. The number of benzene rings is 1. The van der Waals surface area contributed by atoms with Crippen LogP contribution in [0, 0.1) is 6.92 Å². The fraction of sp³-hybridized carbons (Fsp3) is 0.529. The summed E-state index contributed by atoms with van der Waals surface area (Å²) in [6, 6.07) is 7.82. The number of carbonyl (C=O) groups excluding carboxylic acids is 1. The second-order valence-corrected chi connectivity index (χ2v) is 6.36. The van der Waals surface area contributed by atoms with Crippen LogP contribution in [0.15, 0.2) is 24.3 Å². The molecule has 126 valence electrons. The van der Waals surface area contributed by atoms with Crippen molar-refractivity contribution in [3.63, 3.8) is 0 Å². The molecule has 0 bridgehead atoms. The van der Waals surface area contributed by atoms with E-state index in [1.54, 1.807) is 18.7 Å². The van der Waals surface area contributed by atoms with Gasteiger partial charge in [0.2, 0.25) is 0 Å². The van der Waals surface area contributed by atoms with E-state index in [9.17, 15) is 9.90 Å². The van der Waals surface area contributed by atoms with Gasteiger partial charge in [-0.25, -0.2) is 9.78 Å². The van der Waals surface area contributed by atoms with Crippen LogP contribution < -0.4 is 5.32 Å². The van der Waals surface area contributed by atoms with Gasteiger partial charge in [-0.15, -0.1) is 0 Å². The summed E-state index contributed by atoms with van der Waals surface area (Å²) in [6.07, 6.45) is 0. The maximum atomic E-state index is 12.2. The molecule has 0 radical (unpaired) electrons. The monoisotopic (exact) mass is 318 g/mol. The first-order valence-electron chi connectivity index (χ1n) is 7.99. The number of likely N-dealkylation sites (N-methyl/N-ethyl adjacent to an activating group) is 1. The molecule has 2 aromatic rings. The first-order valence-corrected chi connectivity index (χ1v) is 7.99. The van der Waals surface area contributed by atoms with Crippen molar-refractivity contribution >= 4 is 17.1 Å². The Bertz CT molecular complexity index is 673. The molecule has 0 aliphatic heterocycles. The Morgan fingerprint density at radius 1 is 1.39 bits per heavy atom. The molecule has 1 aromatic carbocycles. The zero-order chi connectivity index (χ0) is 17.0. The van der Waals surface area contributed by atoms with Gasteiger partial charge in [-0.3, -0.25) is 0 Å². The van der Waals surface area contributed by atoms with E-state index in [-0.39, 0.29) is 6.03 Å². The predicted molar refractivity (Wildman–Crippen MR) is 91.4 cm³/mol. The molecular weight excluding hydrogens is 292 g/mol. The molecule has 23 heavy (non-hydrogen) atoms. The molecule has 2 amide bonds. The second-order valence-electron chi connectivity index (χ2n) is 6.36. The minimum Gasteiger partial charge on any atom is -0.389 e. The zero-order valence-electron chi connectivity index (χ0n) is 14.3. The van der Waals surface area contributed by atoms with Crippen molar-refractivity contribution in [2.45, 2.75) is 39.8 Å². The lowest BCUT2D eigenvalue weighted by Gasteiger charge is -2.28. The summed E-state index contributed by atoms with van der Waals surface area (Å²) >= 11 is 0. The summed E-state index contributed by atoms with van der Waals surface area (Å²) in [4.78, 5) is 18.3. The summed E-state index contributed by atoms with van der Waals surface area (Å²) in [7, 11) is 0. The van der Waals surface area contributed by atoms with Crippen molar-refractivity contribution < 1.29 is 9.90 Å². The van der Waals surface area contributed by atoms with E-state index < -0.39 is 5.60 Å². The minimum absolute atomic E-state index is 0.156. The highest BCUT2D eigenvalue weighted by Crippen LogP contribution is 2.14. The maximum absolute atomic E-state index is 12.2. The maximum Gasteiger partial charge on any atom is 0.317 e. The standard InChI is InChI=1S/C17H26N4O2/c1-5-20(12-17(3,4)23)16(22)18-10-11-21-13(2)19-14-8-6-7-9-15(14)21/h6-9,23H,5,10-12H2,1-4H3,(H,18,22). The molecule has 0 saturated carbocycles. The van der Waals surface area contributed by atoms with E-state index in [1.165, 1.54) is 0 Å². The molecular formula is C17H26N4O2. The SMILES string of the molecule is CCN(CC(C)(C)O)C(=O)NCCn1c(C)nc2ccccc21. The Morgan fingerprint density at radius 2 is 2.09 bits per heavy atom. The Kier molecular flexibility index (Phi) is 5.26.